The average Bonchev–Trinajstić information content (AvgIpc) is 2.81. The molecule has 12 heteroatoms. The van der Waals surface area contributed by atoms with Crippen molar-refractivity contribution in [2.24, 2.45) is 23.3 Å². The Morgan fingerprint density at radius 2 is 1.86 bits per heavy atom. The molecule has 1 aromatic rings. The summed E-state index contributed by atoms with van der Waals surface area (Å²) in [7, 11) is 6.90. The van der Waals surface area contributed by atoms with Gasteiger partial charge in [0.15, 0.2) is 5.60 Å². The highest BCUT2D eigenvalue weighted by molar-refractivity contribution is 6.34. The Morgan fingerprint density at radius 1 is 1.22 bits per heavy atom. The fourth-order valence-corrected chi connectivity index (χ4v) is 6.12. The predicted octanol–water partition coefficient (Wildman–Crippen LogP) is -0.514. The number of nitrogens with zero attached hydrogens (tertiary/aromatic N) is 2. The summed E-state index contributed by atoms with van der Waals surface area (Å²) in [6.07, 6.45) is 0.381. The Labute approximate surface area is 214 Å². The standard InChI is InChI=1S/C25H34N6O6/c1-30(2)14-7-11(8-26)19(32)16-12(14)5-10-6-13-18(31(3)4)21(34)17(24(36)29-9-27)22(28)25(13,37)23(35)15(10)20(16)33/h7,10,13,18,28,32-34,37H,5-6,8-9,26-27H2,1-4H3,(H,29,36)/t10?,13?,18-,25+/m0/s1. The first kappa shape index (κ1) is 26.6. The number of amides is 1. The van der Waals surface area contributed by atoms with Crippen LogP contribution in [0.25, 0.3) is 5.76 Å². The number of likely N-dealkylation sites (N-methyl/N-ethyl adjacent to an activating group) is 1. The summed E-state index contributed by atoms with van der Waals surface area (Å²) in [4.78, 5) is 30.2. The van der Waals surface area contributed by atoms with Crippen molar-refractivity contribution in [2.45, 2.75) is 31.0 Å². The van der Waals surface area contributed by atoms with E-state index in [2.05, 4.69) is 5.32 Å². The lowest BCUT2D eigenvalue weighted by Crippen LogP contribution is -2.67. The largest absolute Gasteiger partial charge is 0.510 e. The highest BCUT2D eigenvalue weighted by Gasteiger charge is 2.63. The lowest BCUT2D eigenvalue weighted by molar-refractivity contribution is -0.138. The molecule has 0 saturated heterocycles. The van der Waals surface area contributed by atoms with E-state index in [1.54, 1.807) is 25.1 Å². The smallest absolute Gasteiger partial charge is 0.257 e. The maximum atomic E-state index is 14.0. The summed E-state index contributed by atoms with van der Waals surface area (Å²) >= 11 is 0. The number of carbonyl (C=O) groups is 2. The fourth-order valence-electron chi connectivity index (χ4n) is 6.12. The van der Waals surface area contributed by atoms with Crippen LogP contribution >= 0.6 is 0 Å². The van der Waals surface area contributed by atoms with Crippen LogP contribution in [0.4, 0.5) is 5.69 Å². The molecule has 1 aromatic carbocycles. The van der Waals surface area contributed by atoms with Crippen molar-refractivity contribution in [1.82, 2.24) is 10.2 Å². The van der Waals surface area contributed by atoms with Gasteiger partial charge in [-0.2, -0.15) is 0 Å². The van der Waals surface area contributed by atoms with Gasteiger partial charge in [-0.1, -0.05) is 0 Å². The first-order valence-corrected chi connectivity index (χ1v) is 12.0. The van der Waals surface area contributed by atoms with Crippen LogP contribution < -0.4 is 21.7 Å². The molecule has 0 aliphatic heterocycles. The second-order valence-electron chi connectivity index (χ2n) is 10.2. The molecule has 0 spiro atoms. The minimum absolute atomic E-state index is 0.00913. The van der Waals surface area contributed by atoms with Crippen LogP contribution in [0.15, 0.2) is 23.0 Å². The topological polar surface area (TPSA) is 209 Å². The molecule has 3 aliphatic rings. The van der Waals surface area contributed by atoms with Crippen LogP contribution in [-0.4, -0.2) is 89.2 Å². The molecule has 0 bridgehead atoms. The Kier molecular flexibility index (Phi) is 6.57. The first-order valence-electron chi connectivity index (χ1n) is 12.0. The molecular weight excluding hydrogens is 480 g/mol. The predicted molar refractivity (Wildman–Crippen MR) is 137 cm³/mol. The molecule has 37 heavy (non-hydrogen) atoms. The molecule has 4 atom stereocenters. The van der Waals surface area contributed by atoms with Crippen LogP contribution in [-0.2, 0) is 22.6 Å². The summed E-state index contributed by atoms with van der Waals surface area (Å²) in [5.74, 6) is -4.57. The van der Waals surface area contributed by atoms with Crippen LogP contribution in [0, 0.1) is 17.2 Å². The van der Waals surface area contributed by atoms with E-state index in [4.69, 9.17) is 16.9 Å². The normalized spacial score (nSPS) is 27.2. The maximum absolute atomic E-state index is 14.0. The van der Waals surface area contributed by atoms with Crippen molar-refractivity contribution in [3.05, 3.63) is 39.7 Å². The number of Topliss-reactive ketones (excluding diaryl/α,β-unsaturated/α-hetero) is 1. The monoisotopic (exact) mass is 514 g/mol. The molecule has 12 nitrogen and oxygen atoms in total. The van der Waals surface area contributed by atoms with E-state index in [9.17, 15) is 30.0 Å². The van der Waals surface area contributed by atoms with Crippen molar-refractivity contribution in [1.29, 1.82) is 5.41 Å². The lowest BCUT2D eigenvalue weighted by Gasteiger charge is -2.51. The van der Waals surface area contributed by atoms with E-state index in [1.807, 2.05) is 19.0 Å². The minimum atomic E-state index is -2.51. The molecule has 0 aromatic heterocycles. The fraction of sp³-hybridized carbons (Fsp3) is 0.480. The highest BCUT2D eigenvalue weighted by atomic mass is 16.3. The molecule has 0 heterocycles. The number of ketones is 1. The molecule has 200 valence electrons. The number of rotatable bonds is 5. The third kappa shape index (κ3) is 3.62. The van der Waals surface area contributed by atoms with Crippen LogP contribution in [0.2, 0.25) is 0 Å². The van der Waals surface area contributed by atoms with Crippen molar-refractivity contribution < 1.29 is 30.0 Å². The number of aliphatic hydroxyl groups excluding tert-OH is 2. The van der Waals surface area contributed by atoms with Crippen molar-refractivity contribution in [2.75, 3.05) is 39.8 Å². The number of nitrogens with one attached hydrogen (secondary N) is 2. The van der Waals surface area contributed by atoms with Gasteiger partial charge in [-0.3, -0.25) is 14.5 Å². The summed E-state index contributed by atoms with van der Waals surface area (Å²) in [6.45, 7) is -0.294. The molecule has 1 saturated carbocycles. The quantitative estimate of drug-likeness (QED) is 0.236. The van der Waals surface area contributed by atoms with Gasteiger partial charge in [0, 0.05) is 43.4 Å². The van der Waals surface area contributed by atoms with Gasteiger partial charge in [0.2, 0.25) is 5.78 Å². The Balaban J connectivity index is 1.97. The molecule has 1 fully saturated rings. The number of carbonyl (C=O) groups excluding carboxylic acids is 2. The molecule has 1 amide bonds. The molecular formula is C25H34N6O6. The van der Waals surface area contributed by atoms with Gasteiger partial charge in [0.05, 0.1) is 24.0 Å². The summed E-state index contributed by atoms with van der Waals surface area (Å²) < 4.78 is 0. The number of nitrogens with two attached hydrogens (primary N) is 2. The number of hydrogen-bond donors (Lipinski definition) is 8. The number of phenolic OH excluding ortho intramolecular Hbond substituents is 1. The Morgan fingerprint density at radius 3 is 2.41 bits per heavy atom. The van der Waals surface area contributed by atoms with E-state index >= 15 is 0 Å². The number of fused-ring (bicyclic) bond motifs is 3. The number of aromatic hydroxyl groups is 1. The highest BCUT2D eigenvalue weighted by Crippen LogP contribution is 2.53. The van der Waals surface area contributed by atoms with E-state index in [0.717, 1.165) is 5.69 Å². The molecule has 3 aliphatic carbocycles. The van der Waals surface area contributed by atoms with E-state index in [0.29, 0.717) is 11.1 Å². The zero-order chi connectivity index (χ0) is 27.6. The summed E-state index contributed by atoms with van der Waals surface area (Å²) in [6, 6.07) is 0.775. The Hall–Kier alpha value is -3.45. The summed E-state index contributed by atoms with van der Waals surface area (Å²) in [5, 5.41) is 56.3. The molecule has 0 radical (unpaired) electrons. The second kappa shape index (κ2) is 9.14. The van der Waals surface area contributed by atoms with Gasteiger partial charge in [0.25, 0.3) is 5.91 Å². The van der Waals surface area contributed by atoms with Gasteiger partial charge >= 0.3 is 0 Å². The van der Waals surface area contributed by atoms with Gasteiger partial charge in [-0.25, -0.2) is 0 Å². The summed E-state index contributed by atoms with van der Waals surface area (Å²) in [5.41, 5.74) is 9.09. The van der Waals surface area contributed by atoms with Crippen LogP contribution in [0.5, 0.6) is 5.75 Å². The lowest BCUT2D eigenvalue weighted by atomic mass is 9.56. The number of phenols is 1. The zero-order valence-electron chi connectivity index (χ0n) is 21.3. The average molecular weight is 515 g/mol. The zero-order valence-corrected chi connectivity index (χ0v) is 21.3. The second-order valence-corrected chi connectivity index (χ2v) is 10.2. The van der Waals surface area contributed by atoms with Crippen LogP contribution in [0.3, 0.4) is 0 Å². The van der Waals surface area contributed by atoms with E-state index in [1.165, 1.54) is 0 Å². The molecule has 2 unspecified atom stereocenters. The maximum Gasteiger partial charge on any atom is 0.257 e. The third-order valence-corrected chi connectivity index (χ3v) is 7.78. The van der Waals surface area contributed by atoms with E-state index < -0.39 is 58.0 Å². The van der Waals surface area contributed by atoms with Crippen molar-refractivity contribution in [3.63, 3.8) is 0 Å². The van der Waals surface area contributed by atoms with Crippen molar-refractivity contribution in [3.8, 4) is 5.75 Å². The minimum Gasteiger partial charge on any atom is -0.510 e. The number of anilines is 1. The SMILES string of the molecule is CN(C)c1cc(CN)c(O)c2c1CC1CC3[C@H](N(C)C)C(O)=C(C(=O)NCN)C(=N)[C@@]3(O)C(=O)C1=C2O. The number of aliphatic hydroxyl groups is 3. The number of benzene rings is 1. The number of hydrogen-bond acceptors (Lipinski definition) is 11. The Bertz CT molecular complexity index is 1270. The first-order chi connectivity index (χ1) is 17.3. The molecule has 4 rings (SSSR count). The third-order valence-electron chi connectivity index (χ3n) is 7.78. The molecule has 10 N–H and O–H groups in total. The van der Waals surface area contributed by atoms with Crippen LogP contribution in [0.1, 0.15) is 23.1 Å². The van der Waals surface area contributed by atoms with Gasteiger partial charge in [-0.05, 0) is 44.5 Å². The van der Waals surface area contributed by atoms with Gasteiger partial charge in [0.1, 0.15) is 22.8 Å². The van der Waals surface area contributed by atoms with Gasteiger partial charge < -0.3 is 47.5 Å². The van der Waals surface area contributed by atoms with Gasteiger partial charge in [-0.15, -0.1) is 0 Å². The van der Waals surface area contributed by atoms with E-state index in [-0.39, 0.29) is 42.9 Å². The van der Waals surface area contributed by atoms with Crippen molar-refractivity contribution >= 4 is 28.8 Å².